The maximum atomic E-state index is 13.3. The second-order valence-electron chi connectivity index (χ2n) is 4.95. The average Bonchev–Trinajstić information content (AvgIpc) is 2.37. The number of ketones is 1. The molecule has 0 amide bonds. The number of carbonyl (C=O) groups is 1. The number of ether oxygens (including phenoxy) is 1. The molecule has 0 spiro atoms. The van der Waals surface area contributed by atoms with Crippen molar-refractivity contribution in [2.45, 2.75) is 20.8 Å². The number of aryl methyl sites for hydroxylation is 3. The SMILES string of the molecule is COc1ccc(C)cc1C(=O)c1c(C)cc(F)cc1C. The van der Waals surface area contributed by atoms with Gasteiger partial charge in [0.1, 0.15) is 11.6 Å². The number of hydrogen-bond donors (Lipinski definition) is 0. The fourth-order valence-electron chi connectivity index (χ4n) is 2.40. The van der Waals surface area contributed by atoms with Gasteiger partial charge in [0, 0.05) is 5.56 Å². The third-order valence-corrected chi connectivity index (χ3v) is 3.32. The minimum absolute atomic E-state index is 0.138. The molecule has 104 valence electrons. The predicted octanol–water partition coefficient (Wildman–Crippen LogP) is 3.99. The Balaban J connectivity index is 2.60. The summed E-state index contributed by atoms with van der Waals surface area (Å²) in [5.74, 6) is 0.0667. The van der Waals surface area contributed by atoms with E-state index in [-0.39, 0.29) is 11.6 Å². The van der Waals surface area contributed by atoms with Crippen LogP contribution in [-0.2, 0) is 0 Å². The van der Waals surface area contributed by atoms with Gasteiger partial charge < -0.3 is 4.74 Å². The molecule has 0 unspecified atom stereocenters. The van der Waals surface area contributed by atoms with Gasteiger partial charge in [0.2, 0.25) is 0 Å². The molecule has 0 N–H and O–H groups in total. The first kappa shape index (κ1) is 14.3. The van der Waals surface area contributed by atoms with E-state index in [0.717, 1.165) is 5.56 Å². The van der Waals surface area contributed by atoms with Crippen molar-refractivity contribution in [1.82, 2.24) is 0 Å². The van der Waals surface area contributed by atoms with E-state index >= 15 is 0 Å². The van der Waals surface area contributed by atoms with E-state index in [1.807, 2.05) is 13.0 Å². The second kappa shape index (κ2) is 5.45. The lowest BCUT2D eigenvalue weighted by molar-refractivity contribution is 0.103. The highest BCUT2D eigenvalue weighted by atomic mass is 19.1. The quantitative estimate of drug-likeness (QED) is 0.790. The highest BCUT2D eigenvalue weighted by molar-refractivity contribution is 6.12. The molecule has 0 bridgehead atoms. The van der Waals surface area contributed by atoms with E-state index in [1.54, 1.807) is 26.0 Å². The summed E-state index contributed by atoms with van der Waals surface area (Å²) < 4.78 is 18.6. The van der Waals surface area contributed by atoms with Gasteiger partial charge >= 0.3 is 0 Å². The van der Waals surface area contributed by atoms with Crippen LogP contribution in [0.5, 0.6) is 5.75 Å². The van der Waals surface area contributed by atoms with Gasteiger partial charge in [-0.3, -0.25) is 4.79 Å². The van der Waals surface area contributed by atoms with E-state index < -0.39 is 0 Å². The van der Waals surface area contributed by atoms with Crippen LogP contribution in [0.4, 0.5) is 4.39 Å². The summed E-state index contributed by atoms with van der Waals surface area (Å²) >= 11 is 0. The third-order valence-electron chi connectivity index (χ3n) is 3.32. The van der Waals surface area contributed by atoms with Gasteiger partial charge in [-0.05, 0) is 56.2 Å². The van der Waals surface area contributed by atoms with Crippen LogP contribution in [0.1, 0.15) is 32.6 Å². The van der Waals surface area contributed by atoms with E-state index in [0.29, 0.717) is 28.0 Å². The van der Waals surface area contributed by atoms with Crippen molar-refractivity contribution in [2.75, 3.05) is 7.11 Å². The van der Waals surface area contributed by atoms with Crippen molar-refractivity contribution in [3.05, 3.63) is 64.0 Å². The van der Waals surface area contributed by atoms with Crippen molar-refractivity contribution < 1.29 is 13.9 Å². The lowest BCUT2D eigenvalue weighted by Crippen LogP contribution is -2.09. The Hall–Kier alpha value is -2.16. The fraction of sp³-hybridized carbons (Fsp3) is 0.235. The smallest absolute Gasteiger partial charge is 0.197 e. The number of halogens is 1. The normalized spacial score (nSPS) is 10.4. The molecule has 0 aliphatic heterocycles. The molecule has 0 atom stereocenters. The molecule has 0 fully saturated rings. The maximum absolute atomic E-state index is 13.3. The Morgan fingerprint density at radius 3 is 2.20 bits per heavy atom. The molecule has 2 aromatic carbocycles. The van der Waals surface area contributed by atoms with Crippen LogP contribution < -0.4 is 4.74 Å². The van der Waals surface area contributed by atoms with Gasteiger partial charge in [-0.15, -0.1) is 0 Å². The second-order valence-corrected chi connectivity index (χ2v) is 4.95. The molecule has 0 aromatic heterocycles. The topological polar surface area (TPSA) is 26.3 Å². The predicted molar refractivity (Wildman–Crippen MR) is 77.0 cm³/mol. The van der Waals surface area contributed by atoms with Crippen LogP contribution >= 0.6 is 0 Å². The van der Waals surface area contributed by atoms with Crippen molar-refractivity contribution in [3.8, 4) is 5.75 Å². The highest BCUT2D eigenvalue weighted by Gasteiger charge is 2.19. The molecule has 0 saturated carbocycles. The molecule has 0 aliphatic rings. The molecule has 2 nitrogen and oxygen atoms in total. The van der Waals surface area contributed by atoms with Crippen molar-refractivity contribution in [3.63, 3.8) is 0 Å². The van der Waals surface area contributed by atoms with Gasteiger partial charge in [-0.25, -0.2) is 4.39 Å². The zero-order valence-electron chi connectivity index (χ0n) is 12.1. The minimum Gasteiger partial charge on any atom is -0.496 e. The summed E-state index contributed by atoms with van der Waals surface area (Å²) in [7, 11) is 1.53. The summed E-state index contributed by atoms with van der Waals surface area (Å²) in [6.45, 7) is 5.40. The number of hydrogen-bond acceptors (Lipinski definition) is 2. The first-order valence-electron chi connectivity index (χ1n) is 6.40. The maximum Gasteiger partial charge on any atom is 0.197 e. The molecule has 0 saturated heterocycles. The first-order chi connectivity index (χ1) is 9.43. The summed E-state index contributed by atoms with van der Waals surface area (Å²) in [5.41, 5.74) is 3.29. The van der Waals surface area contributed by atoms with Crippen LogP contribution in [-0.4, -0.2) is 12.9 Å². The van der Waals surface area contributed by atoms with Crippen LogP contribution in [0.2, 0.25) is 0 Å². The average molecular weight is 272 g/mol. The lowest BCUT2D eigenvalue weighted by atomic mass is 9.93. The van der Waals surface area contributed by atoms with E-state index in [2.05, 4.69) is 0 Å². The van der Waals surface area contributed by atoms with Crippen molar-refractivity contribution in [1.29, 1.82) is 0 Å². The molecule has 3 heteroatoms. The zero-order valence-corrected chi connectivity index (χ0v) is 12.1. The largest absolute Gasteiger partial charge is 0.496 e. The Bertz CT molecular complexity index is 652. The van der Waals surface area contributed by atoms with Crippen molar-refractivity contribution in [2.24, 2.45) is 0 Å². The summed E-state index contributed by atoms with van der Waals surface area (Å²) in [5, 5.41) is 0. The molecular weight excluding hydrogens is 255 g/mol. The molecule has 0 radical (unpaired) electrons. The zero-order chi connectivity index (χ0) is 14.9. The van der Waals surface area contributed by atoms with Gasteiger partial charge in [0.25, 0.3) is 0 Å². The minimum atomic E-state index is -0.326. The van der Waals surface area contributed by atoms with Gasteiger partial charge in [-0.1, -0.05) is 11.6 Å². The van der Waals surface area contributed by atoms with E-state index in [1.165, 1.54) is 19.2 Å². The number of carbonyl (C=O) groups excluding carboxylic acids is 1. The first-order valence-corrected chi connectivity index (χ1v) is 6.40. The van der Waals surface area contributed by atoms with Gasteiger partial charge in [0.05, 0.1) is 12.7 Å². The molecular formula is C17H17FO2. The highest BCUT2D eigenvalue weighted by Crippen LogP contribution is 2.26. The number of rotatable bonds is 3. The van der Waals surface area contributed by atoms with Crippen LogP contribution in [0, 0.1) is 26.6 Å². The fourth-order valence-corrected chi connectivity index (χ4v) is 2.40. The Morgan fingerprint density at radius 2 is 1.65 bits per heavy atom. The molecule has 0 aliphatic carbocycles. The molecule has 2 aromatic rings. The molecule has 0 heterocycles. The molecule has 2 rings (SSSR count). The van der Waals surface area contributed by atoms with E-state index in [4.69, 9.17) is 4.74 Å². The van der Waals surface area contributed by atoms with Crippen LogP contribution in [0.3, 0.4) is 0 Å². The van der Waals surface area contributed by atoms with Crippen molar-refractivity contribution >= 4 is 5.78 Å². The third kappa shape index (κ3) is 2.57. The number of methoxy groups -OCH3 is 1. The Labute approximate surface area is 118 Å². The number of benzene rings is 2. The standard InChI is InChI=1S/C17H17FO2/c1-10-5-6-15(20-4)14(7-10)17(19)16-11(2)8-13(18)9-12(16)3/h5-9H,1-4H3. The van der Waals surface area contributed by atoms with Crippen LogP contribution in [0.15, 0.2) is 30.3 Å². The Kier molecular flexibility index (Phi) is 3.89. The lowest BCUT2D eigenvalue weighted by Gasteiger charge is -2.12. The van der Waals surface area contributed by atoms with E-state index in [9.17, 15) is 9.18 Å². The summed E-state index contributed by atoms with van der Waals surface area (Å²) in [4.78, 5) is 12.7. The van der Waals surface area contributed by atoms with Gasteiger partial charge in [-0.2, -0.15) is 0 Å². The summed E-state index contributed by atoms with van der Waals surface area (Å²) in [6, 6.07) is 8.21. The van der Waals surface area contributed by atoms with Crippen LogP contribution in [0.25, 0.3) is 0 Å². The monoisotopic (exact) mass is 272 g/mol. The Morgan fingerprint density at radius 1 is 1.05 bits per heavy atom. The van der Waals surface area contributed by atoms with Gasteiger partial charge in [0.15, 0.2) is 5.78 Å². The summed E-state index contributed by atoms with van der Waals surface area (Å²) in [6.07, 6.45) is 0. The molecule has 20 heavy (non-hydrogen) atoms.